The zero-order valence-corrected chi connectivity index (χ0v) is 8.33. The first-order valence-corrected chi connectivity index (χ1v) is 5.09. The average molecular weight is 194 g/mol. The normalized spacial score (nSPS) is 21.4. The van der Waals surface area contributed by atoms with E-state index in [-0.39, 0.29) is 5.82 Å². The smallest absolute Gasteiger partial charge is 0.123 e. The van der Waals surface area contributed by atoms with Crippen LogP contribution in [-0.2, 0) is 5.60 Å². The van der Waals surface area contributed by atoms with Crippen LogP contribution in [0, 0.1) is 11.7 Å². The zero-order valence-electron chi connectivity index (χ0n) is 8.33. The Morgan fingerprint density at radius 2 is 1.86 bits per heavy atom. The van der Waals surface area contributed by atoms with E-state index < -0.39 is 5.60 Å². The van der Waals surface area contributed by atoms with Crippen LogP contribution in [0.25, 0.3) is 0 Å². The second kappa shape index (κ2) is 3.35. The highest BCUT2D eigenvalue weighted by atomic mass is 19.1. The molecule has 0 saturated heterocycles. The quantitative estimate of drug-likeness (QED) is 0.767. The highest BCUT2D eigenvalue weighted by Gasteiger charge is 2.37. The first-order chi connectivity index (χ1) is 6.60. The van der Waals surface area contributed by atoms with E-state index in [4.69, 9.17) is 0 Å². The van der Waals surface area contributed by atoms with Crippen molar-refractivity contribution in [1.29, 1.82) is 0 Å². The first kappa shape index (κ1) is 9.66. The fourth-order valence-electron chi connectivity index (χ4n) is 1.99. The van der Waals surface area contributed by atoms with Crippen LogP contribution in [0.2, 0.25) is 0 Å². The molecule has 0 bridgehead atoms. The van der Waals surface area contributed by atoms with Crippen LogP contribution >= 0.6 is 0 Å². The molecule has 1 atom stereocenters. The molecule has 1 aliphatic carbocycles. The number of aliphatic hydroxyl groups is 1. The summed E-state index contributed by atoms with van der Waals surface area (Å²) in [5, 5.41) is 10.3. The highest BCUT2D eigenvalue weighted by Crippen LogP contribution is 2.41. The highest BCUT2D eigenvalue weighted by molar-refractivity contribution is 5.23. The summed E-state index contributed by atoms with van der Waals surface area (Å²) in [5.41, 5.74) is 0.0370. The first-order valence-electron chi connectivity index (χ1n) is 5.09. The molecular weight excluding hydrogens is 179 g/mol. The summed E-state index contributed by atoms with van der Waals surface area (Å²) in [6.07, 6.45) is 3.34. The topological polar surface area (TPSA) is 20.2 Å². The predicted molar refractivity (Wildman–Crippen MR) is 53.3 cm³/mol. The molecule has 1 aromatic carbocycles. The predicted octanol–water partition coefficient (Wildman–Crippen LogP) is 2.83. The van der Waals surface area contributed by atoms with E-state index in [2.05, 4.69) is 0 Å². The van der Waals surface area contributed by atoms with Gasteiger partial charge in [-0.05, 0) is 43.4 Å². The third kappa shape index (κ3) is 1.55. The molecule has 2 heteroatoms. The van der Waals surface area contributed by atoms with E-state index >= 15 is 0 Å². The minimum Gasteiger partial charge on any atom is -0.385 e. The van der Waals surface area contributed by atoms with Gasteiger partial charge in [-0.25, -0.2) is 4.39 Å². The second-order valence-electron chi connectivity index (χ2n) is 4.28. The summed E-state index contributed by atoms with van der Waals surface area (Å²) in [6, 6.07) is 6.16. The minimum atomic E-state index is -0.786. The monoisotopic (exact) mass is 194 g/mol. The van der Waals surface area contributed by atoms with Crippen molar-refractivity contribution in [2.45, 2.75) is 31.8 Å². The largest absolute Gasteiger partial charge is 0.385 e. The lowest BCUT2D eigenvalue weighted by atomic mass is 9.71. The Labute approximate surface area is 83.6 Å². The van der Waals surface area contributed by atoms with Crippen molar-refractivity contribution >= 4 is 0 Å². The number of hydrogen-bond acceptors (Lipinski definition) is 1. The minimum absolute atomic E-state index is 0.252. The van der Waals surface area contributed by atoms with Crippen molar-refractivity contribution < 1.29 is 9.50 Å². The zero-order chi connectivity index (χ0) is 10.2. The molecule has 0 aliphatic heterocycles. The van der Waals surface area contributed by atoms with Crippen LogP contribution in [0.5, 0.6) is 0 Å². The fourth-order valence-corrected chi connectivity index (χ4v) is 1.99. The Hall–Kier alpha value is -0.890. The van der Waals surface area contributed by atoms with Gasteiger partial charge in [-0.1, -0.05) is 18.6 Å². The molecule has 0 aromatic heterocycles. The molecule has 1 saturated carbocycles. The molecule has 0 heterocycles. The van der Waals surface area contributed by atoms with E-state index in [0.717, 1.165) is 18.4 Å². The lowest BCUT2D eigenvalue weighted by Crippen LogP contribution is -2.36. The molecule has 14 heavy (non-hydrogen) atoms. The van der Waals surface area contributed by atoms with Gasteiger partial charge < -0.3 is 5.11 Å². The van der Waals surface area contributed by atoms with Gasteiger partial charge in [0.1, 0.15) is 5.82 Å². The SMILES string of the molecule is CC(O)(c1ccc(F)cc1)C1CCC1. The van der Waals surface area contributed by atoms with E-state index in [0.29, 0.717) is 5.92 Å². The van der Waals surface area contributed by atoms with Crippen LogP contribution in [0.15, 0.2) is 24.3 Å². The second-order valence-corrected chi connectivity index (χ2v) is 4.28. The van der Waals surface area contributed by atoms with Crippen molar-refractivity contribution in [3.63, 3.8) is 0 Å². The van der Waals surface area contributed by atoms with Gasteiger partial charge in [-0.2, -0.15) is 0 Å². The lowest BCUT2D eigenvalue weighted by molar-refractivity contribution is -0.0399. The summed E-state index contributed by atoms with van der Waals surface area (Å²) in [6.45, 7) is 1.82. The van der Waals surface area contributed by atoms with Gasteiger partial charge >= 0.3 is 0 Å². The van der Waals surface area contributed by atoms with Gasteiger partial charge in [0.15, 0.2) is 0 Å². The summed E-state index contributed by atoms with van der Waals surface area (Å²) >= 11 is 0. The number of halogens is 1. The van der Waals surface area contributed by atoms with Crippen LogP contribution in [0.4, 0.5) is 4.39 Å². The van der Waals surface area contributed by atoms with E-state index in [1.807, 2.05) is 6.92 Å². The Morgan fingerprint density at radius 3 is 2.29 bits per heavy atom. The van der Waals surface area contributed by atoms with E-state index in [1.165, 1.54) is 18.6 Å². The molecule has 0 spiro atoms. The van der Waals surface area contributed by atoms with Crippen LogP contribution in [0.1, 0.15) is 31.7 Å². The molecule has 1 N–H and O–H groups in total. The molecule has 76 valence electrons. The number of hydrogen-bond donors (Lipinski definition) is 1. The molecule has 1 aromatic rings. The standard InChI is InChI=1S/C12H15FO/c1-12(14,9-3-2-4-9)10-5-7-11(13)8-6-10/h5-9,14H,2-4H2,1H3. The molecule has 2 rings (SSSR count). The van der Waals surface area contributed by atoms with Crippen molar-refractivity contribution in [1.82, 2.24) is 0 Å². The fraction of sp³-hybridized carbons (Fsp3) is 0.500. The summed E-state index contributed by atoms with van der Waals surface area (Å²) < 4.78 is 12.7. The van der Waals surface area contributed by atoms with E-state index in [9.17, 15) is 9.50 Å². The summed E-state index contributed by atoms with van der Waals surface area (Å²) in [4.78, 5) is 0. The van der Waals surface area contributed by atoms with Crippen molar-refractivity contribution in [3.8, 4) is 0 Å². The Balaban J connectivity index is 2.23. The molecule has 0 radical (unpaired) electrons. The molecule has 1 fully saturated rings. The molecule has 1 aliphatic rings. The van der Waals surface area contributed by atoms with Crippen LogP contribution in [0.3, 0.4) is 0 Å². The molecule has 1 nitrogen and oxygen atoms in total. The summed E-state index contributed by atoms with van der Waals surface area (Å²) in [5.74, 6) is 0.0890. The van der Waals surface area contributed by atoms with Crippen molar-refractivity contribution in [3.05, 3.63) is 35.6 Å². The van der Waals surface area contributed by atoms with E-state index in [1.54, 1.807) is 12.1 Å². The maximum atomic E-state index is 12.7. The number of benzene rings is 1. The summed E-state index contributed by atoms with van der Waals surface area (Å²) in [7, 11) is 0. The maximum Gasteiger partial charge on any atom is 0.123 e. The van der Waals surface area contributed by atoms with Crippen LogP contribution in [-0.4, -0.2) is 5.11 Å². The van der Waals surface area contributed by atoms with Gasteiger partial charge in [-0.15, -0.1) is 0 Å². The third-order valence-corrected chi connectivity index (χ3v) is 3.33. The Kier molecular flexibility index (Phi) is 2.31. The van der Waals surface area contributed by atoms with Gasteiger partial charge in [0, 0.05) is 0 Å². The van der Waals surface area contributed by atoms with Crippen molar-refractivity contribution in [2.75, 3.05) is 0 Å². The van der Waals surface area contributed by atoms with Crippen LogP contribution < -0.4 is 0 Å². The maximum absolute atomic E-state index is 12.7. The Bertz CT molecular complexity index is 312. The van der Waals surface area contributed by atoms with Gasteiger partial charge in [0.2, 0.25) is 0 Å². The van der Waals surface area contributed by atoms with Gasteiger partial charge in [0.05, 0.1) is 5.60 Å². The molecule has 0 amide bonds. The van der Waals surface area contributed by atoms with Gasteiger partial charge in [0.25, 0.3) is 0 Å². The third-order valence-electron chi connectivity index (χ3n) is 3.33. The average Bonchev–Trinajstić information content (AvgIpc) is 2.00. The van der Waals surface area contributed by atoms with Gasteiger partial charge in [-0.3, -0.25) is 0 Å². The molecule has 1 unspecified atom stereocenters. The Morgan fingerprint density at radius 1 is 1.29 bits per heavy atom. The van der Waals surface area contributed by atoms with Crippen molar-refractivity contribution in [2.24, 2.45) is 5.92 Å². The lowest BCUT2D eigenvalue weighted by Gasteiger charge is -2.39. The number of rotatable bonds is 2. The molecular formula is C12H15FO.